The first-order valence-electron chi connectivity index (χ1n) is 12.3. The molecule has 0 bridgehead atoms. The van der Waals surface area contributed by atoms with Gasteiger partial charge in [-0.25, -0.2) is 4.39 Å². The Balaban J connectivity index is 1.29. The van der Waals surface area contributed by atoms with E-state index >= 15 is 0 Å². The molecule has 4 aliphatic rings. The molecule has 0 saturated heterocycles. The number of halogens is 4. The molecular formula is C26H36F4O. The van der Waals surface area contributed by atoms with Crippen LogP contribution in [0.5, 0.6) is 0 Å². The molecule has 1 unspecified atom stereocenters. The maximum Gasteiger partial charge on any atom is 0.522 e. The van der Waals surface area contributed by atoms with Crippen molar-refractivity contribution in [3.05, 3.63) is 34.9 Å². The van der Waals surface area contributed by atoms with Gasteiger partial charge in [0.25, 0.3) is 0 Å². The number of hydrogen-bond acceptors (Lipinski definition) is 1. The van der Waals surface area contributed by atoms with Crippen molar-refractivity contribution < 1.29 is 22.3 Å². The Bertz CT molecular complexity index is 703. The molecule has 0 amide bonds. The van der Waals surface area contributed by atoms with Crippen LogP contribution in [0.25, 0.3) is 0 Å². The quantitative estimate of drug-likeness (QED) is 0.400. The van der Waals surface area contributed by atoms with E-state index in [9.17, 15) is 17.6 Å². The highest BCUT2D eigenvalue weighted by molar-refractivity contribution is 5.40. The van der Waals surface area contributed by atoms with Crippen LogP contribution in [-0.4, -0.2) is 18.6 Å². The minimum atomic E-state index is -4.78. The fraction of sp³-hybridized carbons (Fsp3) is 0.769. The molecule has 2 fully saturated rings. The van der Waals surface area contributed by atoms with Gasteiger partial charge in [0.05, 0.1) is 0 Å². The summed E-state index contributed by atoms with van der Waals surface area (Å²) in [5.41, 5.74) is 3.47. The third-order valence-electron chi connectivity index (χ3n) is 8.32. The molecule has 4 aliphatic carbocycles. The lowest BCUT2D eigenvalue weighted by atomic mass is 9.68. The van der Waals surface area contributed by atoms with Crippen molar-refractivity contribution in [1.29, 1.82) is 0 Å². The average molecular weight is 441 g/mol. The molecule has 2 atom stereocenters. The third-order valence-corrected chi connectivity index (χ3v) is 8.32. The Morgan fingerprint density at radius 3 is 2.03 bits per heavy atom. The summed E-state index contributed by atoms with van der Waals surface area (Å²) >= 11 is 0. The van der Waals surface area contributed by atoms with Crippen molar-refractivity contribution >= 4 is 0 Å². The average Bonchev–Trinajstić information content (AvgIpc) is 2.75. The summed E-state index contributed by atoms with van der Waals surface area (Å²) in [4.78, 5) is 0. The van der Waals surface area contributed by atoms with Gasteiger partial charge in [-0.15, -0.1) is 13.2 Å². The predicted octanol–water partition coefficient (Wildman–Crippen LogP) is 8.23. The predicted molar refractivity (Wildman–Crippen MR) is 115 cm³/mol. The monoisotopic (exact) mass is 440 g/mol. The van der Waals surface area contributed by atoms with Crippen molar-refractivity contribution in [3.63, 3.8) is 0 Å². The van der Waals surface area contributed by atoms with E-state index in [0.717, 1.165) is 41.7 Å². The van der Waals surface area contributed by atoms with Crippen LogP contribution in [0, 0.1) is 23.7 Å². The largest absolute Gasteiger partial charge is 0.522 e. The van der Waals surface area contributed by atoms with E-state index in [1.807, 2.05) is 0 Å². The van der Waals surface area contributed by atoms with E-state index < -0.39 is 18.6 Å². The summed E-state index contributed by atoms with van der Waals surface area (Å²) in [6, 6.07) is 0. The van der Waals surface area contributed by atoms with Gasteiger partial charge in [0, 0.05) is 6.42 Å². The van der Waals surface area contributed by atoms with Crippen molar-refractivity contribution in [2.45, 2.75) is 103 Å². The minimum Gasteiger partial charge on any atom is -0.285 e. The highest BCUT2D eigenvalue weighted by Gasteiger charge is 2.39. The van der Waals surface area contributed by atoms with Crippen molar-refractivity contribution in [2.24, 2.45) is 23.7 Å². The van der Waals surface area contributed by atoms with Gasteiger partial charge < -0.3 is 0 Å². The molecule has 0 aromatic heterocycles. The molecule has 0 aromatic carbocycles. The Morgan fingerprint density at radius 2 is 1.48 bits per heavy atom. The normalized spacial score (nSPS) is 37.6. The van der Waals surface area contributed by atoms with Gasteiger partial charge in [0.1, 0.15) is 12.3 Å². The molecule has 0 aliphatic heterocycles. The smallest absolute Gasteiger partial charge is 0.285 e. The lowest BCUT2D eigenvalue weighted by molar-refractivity contribution is -0.348. The van der Waals surface area contributed by atoms with Crippen LogP contribution in [0.4, 0.5) is 17.6 Å². The van der Waals surface area contributed by atoms with Gasteiger partial charge in [-0.05, 0) is 92.6 Å². The van der Waals surface area contributed by atoms with Crippen molar-refractivity contribution in [3.8, 4) is 0 Å². The Kier molecular flexibility index (Phi) is 7.30. The van der Waals surface area contributed by atoms with Gasteiger partial charge in [-0.1, -0.05) is 43.6 Å². The molecule has 0 spiro atoms. The van der Waals surface area contributed by atoms with Crippen LogP contribution in [0.3, 0.4) is 0 Å². The van der Waals surface area contributed by atoms with Crippen LogP contribution >= 0.6 is 0 Å². The highest BCUT2D eigenvalue weighted by Crippen LogP contribution is 2.44. The third kappa shape index (κ3) is 6.03. The van der Waals surface area contributed by atoms with E-state index in [1.54, 1.807) is 6.08 Å². The van der Waals surface area contributed by atoms with Gasteiger partial charge in [0.15, 0.2) is 0 Å². The summed E-state index contributed by atoms with van der Waals surface area (Å²) in [5, 5.41) is 0. The molecule has 174 valence electrons. The molecule has 2 saturated carbocycles. The summed E-state index contributed by atoms with van der Waals surface area (Å²) in [7, 11) is 0. The molecule has 1 nitrogen and oxygen atoms in total. The first kappa shape index (κ1) is 23.1. The second-order valence-corrected chi connectivity index (χ2v) is 10.4. The Morgan fingerprint density at radius 1 is 0.839 bits per heavy atom. The first-order chi connectivity index (χ1) is 14.8. The Hall–Kier alpha value is -1.10. The molecule has 0 aromatic rings. The van der Waals surface area contributed by atoms with Gasteiger partial charge in [-0.3, -0.25) is 4.74 Å². The highest BCUT2D eigenvalue weighted by atomic mass is 19.4. The van der Waals surface area contributed by atoms with Crippen LogP contribution in [0.1, 0.15) is 84.0 Å². The SMILES string of the molecule is CC1CCC(C2CCC(C3=CC=C(C4=CC[C@H](OC(F)(F)F)C(F)C4)CC3)CC2)CC1. The van der Waals surface area contributed by atoms with E-state index in [0.29, 0.717) is 5.92 Å². The second kappa shape index (κ2) is 9.80. The second-order valence-electron chi connectivity index (χ2n) is 10.4. The topological polar surface area (TPSA) is 9.23 Å². The molecule has 0 radical (unpaired) electrons. The zero-order valence-corrected chi connectivity index (χ0v) is 18.6. The molecule has 31 heavy (non-hydrogen) atoms. The van der Waals surface area contributed by atoms with E-state index in [1.165, 1.54) is 56.9 Å². The van der Waals surface area contributed by atoms with Gasteiger partial charge >= 0.3 is 6.36 Å². The van der Waals surface area contributed by atoms with Crippen molar-refractivity contribution in [1.82, 2.24) is 0 Å². The fourth-order valence-electron chi connectivity index (χ4n) is 6.37. The zero-order valence-electron chi connectivity index (χ0n) is 18.6. The van der Waals surface area contributed by atoms with Crippen LogP contribution < -0.4 is 0 Å². The molecule has 4 rings (SSSR count). The standard InChI is InChI=1S/C26H36F4O/c1-17-2-4-18(5-3-17)19-6-8-20(9-7-19)21-10-12-22(13-11-21)23-14-15-25(24(27)16-23)31-26(28,29)30/h10,12,14,17-20,24-25H,2-9,11,13,15-16H2,1H3/t17?,18?,19?,20?,24?,25-/m0/s1. The van der Waals surface area contributed by atoms with Crippen LogP contribution in [0.15, 0.2) is 34.9 Å². The maximum absolute atomic E-state index is 14.3. The lowest BCUT2D eigenvalue weighted by Gasteiger charge is -2.38. The molecular weight excluding hydrogens is 404 g/mol. The molecule has 0 heterocycles. The summed E-state index contributed by atoms with van der Waals surface area (Å²) in [6.07, 6.45) is 11.1. The van der Waals surface area contributed by atoms with Crippen molar-refractivity contribution in [2.75, 3.05) is 0 Å². The number of ether oxygens (including phenoxy) is 1. The molecule has 0 N–H and O–H groups in total. The van der Waals surface area contributed by atoms with E-state index in [-0.39, 0.29) is 12.8 Å². The summed E-state index contributed by atoms with van der Waals surface area (Å²) in [5.74, 6) is 3.45. The summed E-state index contributed by atoms with van der Waals surface area (Å²) < 4.78 is 55.4. The zero-order chi connectivity index (χ0) is 22.0. The maximum atomic E-state index is 14.3. The molecule has 5 heteroatoms. The fourth-order valence-corrected chi connectivity index (χ4v) is 6.37. The van der Waals surface area contributed by atoms with E-state index in [2.05, 4.69) is 23.8 Å². The number of allylic oxidation sites excluding steroid dienone is 5. The van der Waals surface area contributed by atoms with E-state index in [4.69, 9.17) is 0 Å². The minimum absolute atomic E-state index is 0.0147. The van der Waals surface area contributed by atoms with Gasteiger partial charge in [-0.2, -0.15) is 0 Å². The van der Waals surface area contributed by atoms with Crippen LogP contribution in [0.2, 0.25) is 0 Å². The van der Waals surface area contributed by atoms with Gasteiger partial charge in [0.2, 0.25) is 0 Å². The van der Waals surface area contributed by atoms with Crippen LogP contribution in [-0.2, 0) is 4.74 Å². The summed E-state index contributed by atoms with van der Waals surface area (Å²) in [6.45, 7) is 2.39. The first-order valence-corrected chi connectivity index (χ1v) is 12.3. The number of alkyl halides is 4. The Labute approximate surface area is 184 Å². The lowest BCUT2D eigenvalue weighted by Crippen LogP contribution is -2.34. The number of hydrogen-bond donors (Lipinski definition) is 0. The number of rotatable bonds is 4.